The fraction of sp³-hybridized carbons (Fsp3) is 0.111. The molecular formula is C18H14N4O3. The van der Waals surface area contributed by atoms with Gasteiger partial charge in [0.1, 0.15) is 5.82 Å². The molecule has 2 aliphatic rings. The molecule has 1 amide bonds. The minimum Gasteiger partial charge on any atom is -0.454 e. The van der Waals surface area contributed by atoms with Crippen LogP contribution in [0.3, 0.4) is 0 Å². The third-order valence-corrected chi connectivity index (χ3v) is 4.34. The molecule has 0 radical (unpaired) electrons. The van der Waals surface area contributed by atoms with Gasteiger partial charge < -0.3 is 19.8 Å². The fourth-order valence-corrected chi connectivity index (χ4v) is 3.17. The van der Waals surface area contributed by atoms with E-state index in [4.69, 9.17) is 9.47 Å². The highest BCUT2D eigenvalue weighted by Gasteiger charge is 2.36. The normalized spacial score (nSPS) is 18.0. The van der Waals surface area contributed by atoms with E-state index >= 15 is 0 Å². The molecule has 1 atom stereocenters. The smallest absolute Gasteiger partial charge is 0.262 e. The number of carbonyl (C=O) groups is 1. The number of hydrogen-bond acceptors (Lipinski definition) is 5. The van der Waals surface area contributed by atoms with E-state index in [2.05, 4.69) is 15.3 Å². The first-order chi connectivity index (χ1) is 12.3. The summed E-state index contributed by atoms with van der Waals surface area (Å²) < 4.78 is 10.8. The Bertz CT molecular complexity index is 955. The molecule has 0 bridgehead atoms. The van der Waals surface area contributed by atoms with Gasteiger partial charge in [0.2, 0.25) is 6.79 Å². The maximum absolute atomic E-state index is 13.2. The van der Waals surface area contributed by atoms with Crippen molar-refractivity contribution in [1.82, 2.24) is 9.97 Å². The molecule has 1 unspecified atom stereocenters. The molecule has 124 valence electrons. The van der Waals surface area contributed by atoms with Crippen LogP contribution in [-0.2, 0) is 0 Å². The first-order valence-corrected chi connectivity index (χ1v) is 7.89. The number of nitrogens with zero attached hydrogens (tertiary/aromatic N) is 2. The summed E-state index contributed by atoms with van der Waals surface area (Å²) in [6.45, 7) is 0.190. The summed E-state index contributed by atoms with van der Waals surface area (Å²) >= 11 is 0. The lowest BCUT2D eigenvalue weighted by Gasteiger charge is -2.36. The van der Waals surface area contributed by atoms with Gasteiger partial charge in [0.25, 0.3) is 5.91 Å². The Kier molecular flexibility index (Phi) is 2.93. The predicted molar refractivity (Wildman–Crippen MR) is 90.8 cm³/mol. The third-order valence-electron chi connectivity index (χ3n) is 4.34. The number of H-pyrrole nitrogens is 1. The van der Waals surface area contributed by atoms with Crippen LogP contribution >= 0.6 is 0 Å². The number of imidazole rings is 1. The van der Waals surface area contributed by atoms with Gasteiger partial charge in [-0.2, -0.15) is 0 Å². The standard InChI is InChI=1S/C18H14N4O3/c23-18-12-3-1-2-4-13(12)21-17(16-19-7-8-20-16)22(18)11-5-6-14-15(9-11)25-10-24-14/h1-9,17,21H,10H2,(H,19,20). The second kappa shape index (κ2) is 5.27. The van der Waals surface area contributed by atoms with Crippen LogP contribution < -0.4 is 19.7 Å². The van der Waals surface area contributed by atoms with Crippen molar-refractivity contribution in [2.45, 2.75) is 6.17 Å². The number of carbonyl (C=O) groups excluding carboxylic acids is 1. The molecule has 0 saturated heterocycles. The highest BCUT2D eigenvalue weighted by Crippen LogP contribution is 2.40. The number of benzene rings is 2. The first kappa shape index (κ1) is 13.9. The predicted octanol–water partition coefficient (Wildman–Crippen LogP) is 2.91. The molecule has 2 aliphatic heterocycles. The lowest BCUT2D eigenvalue weighted by Crippen LogP contribution is -2.43. The molecule has 7 nitrogen and oxygen atoms in total. The zero-order valence-corrected chi connectivity index (χ0v) is 13.1. The number of ether oxygens (including phenoxy) is 2. The number of aromatic amines is 1. The molecule has 25 heavy (non-hydrogen) atoms. The van der Waals surface area contributed by atoms with Crippen LogP contribution in [0.5, 0.6) is 11.5 Å². The molecule has 0 fully saturated rings. The van der Waals surface area contributed by atoms with Crippen molar-refractivity contribution in [3.8, 4) is 11.5 Å². The summed E-state index contributed by atoms with van der Waals surface area (Å²) in [5, 5.41) is 3.39. The molecule has 7 heteroatoms. The molecule has 2 aromatic carbocycles. The van der Waals surface area contributed by atoms with E-state index in [1.807, 2.05) is 42.5 Å². The minimum absolute atomic E-state index is 0.102. The summed E-state index contributed by atoms with van der Waals surface area (Å²) in [5.74, 6) is 1.86. The number of aromatic nitrogens is 2. The average Bonchev–Trinajstić information content (AvgIpc) is 3.33. The molecule has 0 aliphatic carbocycles. The van der Waals surface area contributed by atoms with E-state index in [1.54, 1.807) is 17.3 Å². The number of amides is 1. The average molecular weight is 334 g/mol. The number of anilines is 2. The van der Waals surface area contributed by atoms with Gasteiger partial charge in [0, 0.05) is 24.1 Å². The van der Waals surface area contributed by atoms with Gasteiger partial charge >= 0.3 is 0 Å². The quantitative estimate of drug-likeness (QED) is 0.753. The molecule has 1 aromatic heterocycles. The molecule has 2 N–H and O–H groups in total. The second-order valence-electron chi connectivity index (χ2n) is 5.78. The van der Waals surface area contributed by atoms with Gasteiger partial charge in [-0.1, -0.05) is 12.1 Å². The summed E-state index contributed by atoms with van der Waals surface area (Å²) in [5.41, 5.74) is 2.10. The number of nitrogens with one attached hydrogen (secondary N) is 2. The molecule has 3 heterocycles. The van der Waals surface area contributed by atoms with Crippen LogP contribution in [0.4, 0.5) is 11.4 Å². The van der Waals surface area contributed by atoms with Gasteiger partial charge in [-0.25, -0.2) is 4.98 Å². The van der Waals surface area contributed by atoms with E-state index in [0.717, 1.165) is 5.69 Å². The van der Waals surface area contributed by atoms with Crippen LogP contribution in [0.15, 0.2) is 54.9 Å². The minimum atomic E-state index is -0.447. The van der Waals surface area contributed by atoms with Crippen molar-refractivity contribution in [2.75, 3.05) is 17.0 Å². The Morgan fingerprint density at radius 3 is 2.88 bits per heavy atom. The zero-order valence-electron chi connectivity index (χ0n) is 13.1. The van der Waals surface area contributed by atoms with E-state index in [-0.39, 0.29) is 12.7 Å². The second-order valence-corrected chi connectivity index (χ2v) is 5.78. The maximum atomic E-state index is 13.2. The number of para-hydroxylation sites is 1. The van der Waals surface area contributed by atoms with Crippen molar-refractivity contribution in [2.24, 2.45) is 0 Å². The Morgan fingerprint density at radius 2 is 2.00 bits per heavy atom. The molecule has 5 rings (SSSR count). The van der Waals surface area contributed by atoms with Crippen molar-refractivity contribution in [1.29, 1.82) is 0 Å². The SMILES string of the molecule is O=C1c2ccccc2NC(c2ncc[nH]2)N1c1ccc2c(c1)OCO2. The van der Waals surface area contributed by atoms with Crippen molar-refractivity contribution < 1.29 is 14.3 Å². The first-order valence-electron chi connectivity index (χ1n) is 7.89. The van der Waals surface area contributed by atoms with Gasteiger partial charge in [-0.05, 0) is 24.3 Å². The molecule has 0 saturated carbocycles. The van der Waals surface area contributed by atoms with E-state index in [9.17, 15) is 4.79 Å². The fourth-order valence-electron chi connectivity index (χ4n) is 3.17. The van der Waals surface area contributed by atoms with Crippen LogP contribution in [0, 0.1) is 0 Å². The Labute approximate surface area is 143 Å². The maximum Gasteiger partial charge on any atom is 0.262 e. The van der Waals surface area contributed by atoms with Crippen LogP contribution in [0.2, 0.25) is 0 Å². The highest BCUT2D eigenvalue weighted by atomic mass is 16.7. The Hall–Kier alpha value is -3.48. The summed E-state index contributed by atoms with van der Waals surface area (Å²) in [4.78, 5) is 22.3. The van der Waals surface area contributed by atoms with E-state index in [1.165, 1.54) is 0 Å². The number of hydrogen-bond donors (Lipinski definition) is 2. The van der Waals surface area contributed by atoms with Crippen LogP contribution in [0.25, 0.3) is 0 Å². The van der Waals surface area contributed by atoms with Gasteiger partial charge in [0.15, 0.2) is 17.7 Å². The Morgan fingerprint density at radius 1 is 1.12 bits per heavy atom. The molecular weight excluding hydrogens is 320 g/mol. The molecule has 3 aromatic rings. The summed E-state index contributed by atoms with van der Waals surface area (Å²) in [7, 11) is 0. The lowest BCUT2D eigenvalue weighted by molar-refractivity contribution is 0.0974. The van der Waals surface area contributed by atoms with Gasteiger partial charge in [-0.15, -0.1) is 0 Å². The number of rotatable bonds is 2. The van der Waals surface area contributed by atoms with Crippen molar-refractivity contribution in [3.63, 3.8) is 0 Å². The zero-order chi connectivity index (χ0) is 16.8. The van der Waals surface area contributed by atoms with Crippen LogP contribution in [0.1, 0.15) is 22.3 Å². The Balaban J connectivity index is 1.65. The van der Waals surface area contributed by atoms with E-state index < -0.39 is 6.17 Å². The van der Waals surface area contributed by atoms with Crippen molar-refractivity contribution >= 4 is 17.3 Å². The summed E-state index contributed by atoms with van der Waals surface area (Å²) in [6.07, 6.45) is 2.96. The largest absolute Gasteiger partial charge is 0.454 e. The topological polar surface area (TPSA) is 79.5 Å². The summed E-state index contributed by atoms with van der Waals surface area (Å²) in [6, 6.07) is 12.9. The lowest BCUT2D eigenvalue weighted by atomic mass is 10.1. The molecule has 0 spiro atoms. The third kappa shape index (κ3) is 2.13. The monoisotopic (exact) mass is 334 g/mol. The van der Waals surface area contributed by atoms with Crippen molar-refractivity contribution in [3.05, 3.63) is 66.2 Å². The van der Waals surface area contributed by atoms with Gasteiger partial charge in [-0.3, -0.25) is 9.69 Å². The van der Waals surface area contributed by atoms with Gasteiger partial charge in [0.05, 0.1) is 11.3 Å². The number of fused-ring (bicyclic) bond motifs is 2. The van der Waals surface area contributed by atoms with Crippen LogP contribution in [-0.4, -0.2) is 22.7 Å². The van der Waals surface area contributed by atoms with E-state index in [0.29, 0.717) is 28.6 Å². The highest BCUT2D eigenvalue weighted by molar-refractivity contribution is 6.12.